The number of aromatic nitrogens is 2. The summed E-state index contributed by atoms with van der Waals surface area (Å²) in [7, 11) is 0. The number of alkyl halides is 3. The predicted molar refractivity (Wildman–Crippen MR) is 89.5 cm³/mol. The Kier molecular flexibility index (Phi) is 5.59. The number of hydrogen-bond donors (Lipinski definition) is 0. The first-order valence-electron chi connectivity index (χ1n) is 7.58. The number of thioether (sulfide) groups is 1. The van der Waals surface area contributed by atoms with Crippen LogP contribution in [0, 0.1) is 11.6 Å². The fourth-order valence-corrected chi connectivity index (χ4v) is 2.95. The van der Waals surface area contributed by atoms with E-state index in [1.807, 2.05) is 0 Å². The molecule has 3 aromatic rings. The van der Waals surface area contributed by atoms with Crippen LogP contribution in [0.1, 0.15) is 11.3 Å². The highest BCUT2D eigenvalue weighted by Gasteiger charge is 2.34. The van der Waals surface area contributed by atoms with Gasteiger partial charge in [0, 0.05) is 17.4 Å². The monoisotopic (exact) mass is 398 g/mol. The predicted octanol–water partition coefficient (Wildman–Crippen LogP) is 5.86. The Hall–Kier alpha value is -2.68. The van der Waals surface area contributed by atoms with Crippen LogP contribution in [0.2, 0.25) is 0 Å². The molecule has 0 bridgehead atoms. The summed E-state index contributed by atoms with van der Waals surface area (Å²) < 4.78 is 72.0. The lowest BCUT2D eigenvalue weighted by atomic mass is 10.2. The first kappa shape index (κ1) is 19.1. The zero-order valence-electron chi connectivity index (χ0n) is 13.5. The van der Waals surface area contributed by atoms with Crippen molar-refractivity contribution in [1.82, 2.24) is 9.97 Å². The van der Waals surface area contributed by atoms with Crippen LogP contribution in [-0.4, -0.2) is 9.97 Å². The summed E-state index contributed by atoms with van der Waals surface area (Å²) in [5.74, 6) is -1.89. The van der Waals surface area contributed by atoms with Crippen molar-refractivity contribution in [2.24, 2.45) is 0 Å². The van der Waals surface area contributed by atoms with E-state index in [-0.39, 0.29) is 22.4 Å². The van der Waals surface area contributed by atoms with Gasteiger partial charge in [0.05, 0.1) is 0 Å². The van der Waals surface area contributed by atoms with Gasteiger partial charge in [0.2, 0.25) is 5.88 Å². The highest BCUT2D eigenvalue weighted by Crippen LogP contribution is 2.33. The minimum Gasteiger partial charge on any atom is -0.439 e. The van der Waals surface area contributed by atoms with Crippen LogP contribution >= 0.6 is 11.8 Å². The number of para-hydroxylation sites is 1. The number of ether oxygens (including phenoxy) is 1. The van der Waals surface area contributed by atoms with Crippen LogP contribution in [0.25, 0.3) is 0 Å². The molecule has 27 heavy (non-hydrogen) atoms. The lowest BCUT2D eigenvalue weighted by molar-refractivity contribution is -0.141. The van der Waals surface area contributed by atoms with Gasteiger partial charge in [-0.1, -0.05) is 36.0 Å². The van der Waals surface area contributed by atoms with Gasteiger partial charge in [-0.05, 0) is 24.3 Å². The van der Waals surface area contributed by atoms with E-state index in [9.17, 15) is 22.0 Å². The van der Waals surface area contributed by atoms with Crippen LogP contribution in [0.4, 0.5) is 22.0 Å². The first-order valence-corrected chi connectivity index (χ1v) is 8.56. The third-order valence-corrected chi connectivity index (χ3v) is 4.22. The van der Waals surface area contributed by atoms with E-state index in [1.165, 1.54) is 6.07 Å². The van der Waals surface area contributed by atoms with Gasteiger partial charge in [-0.2, -0.15) is 18.2 Å². The summed E-state index contributed by atoms with van der Waals surface area (Å²) in [5.41, 5.74) is -1.48. The smallest absolute Gasteiger partial charge is 0.433 e. The van der Waals surface area contributed by atoms with Crippen molar-refractivity contribution in [3.8, 4) is 11.6 Å². The zero-order valence-corrected chi connectivity index (χ0v) is 14.3. The number of halogens is 5. The average Bonchev–Trinajstić information content (AvgIpc) is 2.61. The molecule has 3 nitrogen and oxygen atoms in total. The molecule has 140 valence electrons. The Labute approximate surface area is 155 Å². The molecule has 3 rings (SSSR count). The third-order valence-electron chi connectivity index (χ3n) is 3.35. The molecule has 0 unspecified atom stereocenters. The molecule has 0 aliphatic carbocycles. The summed E-state index contributed by atoms with van der Waals surface area (Å²) in [5, 5.41) is -0.307. The van der Waals surface area contributed by atoms with Crippen LogP contribution < -0.4 is 4.74 Å². The molecular weight excluding hydrogens is 387 g/mol. The molecule has 0 aliphatic rings. The van der Waals surface area contributed by atoms with Gasteiger partial charge in [-0.15, -0.1) is 0 Å². The third kappa shape index (κ3) is 4.94. The Morgan fingerprint density at radius 2 is 1.56 bits per heavy atom. The summed E-state index contributed by atoms with van der Waals surface area (Å²) >= 11 is 0.675. The van der Waals surface area contributed by atoms with E-state index < -0.39 is 23.5 Å². The second kappa shape index (κ2) is 7.91. The molecule has 2 aromatic carbocycles. The molecule has 1 heterocycles. The highest BCUT2D eigenvalue weighted by molar-refractivity contribution is 7.98. The second-order valence-electron chi connectivity index (χ2n) is 5.28. The van der Waals surface area contributed by atoms with E-state index in [0.29, 0.717) is 23.6 Å². The standard InChI is InChI=1S/C18H11F5N2OS/c19-13-7-4-8-14(20)12(13)10-27-17-24-15(18(21,22)23)9-16(25-17)26-11-5-2-1-3-6-11/h1-9H,10H2. The Bertz CT molecular complexity index is 915. The van der Waals surface area contributed by atoms with Crippen molar-refractivity contribution in [2.75, 3.05) is 0 Å². The van der Waals surface area contributed by atoms with Crippen molar-refractivity contribution in [3.63, 3.8) is 0 Å². The van der Waals surface area contributed by atoms with Crippen molar-refractivity contribution in [2.45, 2.75) is 17.1 Å². The Morgan fingerprint density at radius 1 is 0.889 bits per heavy atom. The zero-order chi connectivity index (χ0) is 19.4. The van der Waals surface area contributed by atoms with Crippen molar-refractivity contribution < 1.29 is 26.7 Å². The topological polar surface area (TPSA) is 35.0 Å². The second-order valence-corrected chi connectivity index (χ2v) is 6.22. The molecule has 0 amide bonds. The maximum absolute atomic E-state index is 13.7. The molecule has 0 saturated carbocycles. The van der Waals surface area contributed by atoms with Crippen LogP contribution in [0.15, 0.2) is 59.8 Å². The van der Waals surface area contributed by atoms with Crippen LogP contribution in [0.5, 0.6) is 11.6 Å². The molecular formula is C18H11F5N2OS. The lowest BCUT2D eigenvalue weighted by Gasteiger charge is -2.11. The van der Waals surface area contributed by atoms with Gasteiger partial charge in [0.25, 0.3) is 0 Å². The number of hydrogen-bond acceptors (Lipinski definition) is 4. The number of rotatable bonds is 5. The van der Waals surface area contributed by atoms with Crippen LogP contribution in [0.3, 0.4) is 0 Å². The van der Waals surface area contributed by atoms with Crippen molar-refractivity contribution >= 4 is 11.8 Å². The maximum Gasteiger partial charge on any atom is 0.433 e. The average molecular weight is 398 g/mol. The van der Waals surface area contributed by atoms with E-state index in [4.69, 9.17) is 4.74 Å². The fourth-order valence-electron chi connectivity index (χ4n) is 2.08. The van der Waals surface area contributed by atoms with Gasteiger partial charge in [0.15, 0.2) is 10.9 Å². The van der Waals surface area contributed by atoms with E-state index >= 15 is 0 Å². The minimum absolute atomic E-state index is 0.269. The molecule has 0 radical (unpaired) electrons. The Balaban J connectivity index is 1.88. The van der Waals surface area contributed by atoms with Crippen molar-refractivity contribution in [3.05, 3.63) is 77.5 Å². The minimum atomic E-state index is -4.73. The van der Waals surface area contributed by atoms with Crippen LogP contribution in [-0.2, 0) is 11.9 Å². The summed E-state index contributed by atoms with van der Waals surface area (Å²) in [6.45, 7) is 0. The number of nitrogens with zero attached hydrogens (tertiary/aromatic N) is 2. The van der Waals surface area contributed by atoms with Gasteiger partial charge in [-0.3, -0.25) is 0 Å². The molecule has 0 saturated heterocycles. The normalized spacial score (nSPS) is 11.4. The lowest BCUT2D eigenvalue weighted by Crippen LogP contribution is -2.10. The molecule has 0 fully saturated rings. The van der Waals surface area contributed by atoms with E-state index in [1.54, 1.807) is 30.3 Å². The van der Waals surface area contributed by atoms with Gasteiger partial charge in [0.1, 0.15) is 17.4 Å². The fraction of sp³-hybridized carbons (Fsp3) is 0.111. The highest BCUT2D eigenvalue weighted by atomic mass is 32.2. The van der Waals surface area contributed by atoms with Gasteiger partial charge in [-0.25, -0.2) is 13.8 Å². The summed E-state index contributed by atoms with van der Waals surface area (Å²) in [6.07, 6.45) is -4.73. The molecule has 0 N–H and O–H groups in total. The quantitative estimate of drug-likeness (QED) is 0.306. The van der Waals surface area contributed by atoms with Gasteiger partial charge < -0.3 is 4.74 Å². The van der Waals surface area contributed by atoms with E-state index in [2.05, 4.69) is 9.97 Å². The Morgan fingerprint density at radius 3 is 2.19 bits per heavy atom. The first-order chi connectivity index (χ1) is 12.8. The van der Waals surface area contributed by atoms with E-state index in [0.717, 1.165) is 12.1 Å². The molecule has 0 aliphatic heterocycles. The molecule has 9 heteroatoms. The summed E-state index contributed by atoms with van der Waals surface area (Å²) in [4.78, 5) is 7.32. The summed E-state index contributed by atoms with van der Waals surface area (Å²) in [6, 6.07) is 12.1. The largest absolute Gasteiger partial charge is 0.439 e. The molecule has 1 aromatic heterocycles. The van der Waals surface area contributed by atoms with Crippen molar-refractivity contribution in [1.29, 1.82) is 0 Å². The molecule has 0 spiro atoms. The SMILES string of the molecule is Fc1cccc(F)c1CSc1nc(Oc2ccccc2)cc(C(F)(F)F)n1. The number of benzene rings is 2. The van der Waals surface area contributed by atoms with Gasteiger partial charge >= 0.3 is 6.18 Å². The maximum atomic E-state index is 13.7. The molecule has 0 atom stereocenters.